The molecule has 0 spiro atoms. The van der Waals surface area contributed by atoms with Gasteiger partial charge in [-0.15, -0.1) is 0 Å². The van der Waals surface area contributed by atoms with Crippen LogP contribution in [0.1, 0.15) is 39.0 Å². The van der Waals surface area contributed by atoms with Gasteiger partial charge in [0.2, 0.25) is 5.91 Å². The molecule has 0 radical (unpaired) electrons. The molecular formula is C33H35N5O4. The molecule has 4 aromatic rings. The van der Waals surface area contributed by atoms with E-state index in [2.05, 4.69) is 12.6 Å². The Morgan fingerprint density at radius 1 is 1.17 bits per heavy atom. The van der Waals surface area contributed by atoms with Crippen LogP contribution in [0.5, 0.6) is 5.75 Å². The summed E-state index contributed by atoms with van der Waals surface area (Å²) in [5.41, 5.74) is 11.1. The molecule has 1 unspecified atom stereocenters. The Balaban J connectivity index is 1.86. The maximum Gasteiger partial charge on any atom is 0.325 e. The van der Waals surface area contributed by atoms with Gasteiger partial charge in [0.05, 0.1) is 18.7 Å². The topological polar surface area (TPSA) is 123 Å². The fourth-order valence-electron chi connectivity index (χ4n) is 4.67. The molecule has 0 fully saturated rings. The molecule has 3 atom stereocenters. The van der Waals surface area contributed by atoms with E-state index in [1.165, 1.54) is 11.0 Å². The molecule has 2 N–H and O–H groups in total. The number of nitrogens with zero attached hydrogens (tertiary/aromatic N) is 4. The van der Waals surface area contributed by atoms with E-state index >= 15 is 0 Å². The Kier molecular flexibility index (Phi) is 9.09. The van der Waals surface area contributed by atoms with Crippen LogP contribution in [0.25, 0.3) is 33.3 Å². The predicted molar refractivity (Wildman–Crippen MR) is 164 cm³/mol. The van der Waals surface area contributed by atoms with Gasteiger partial charge in [-0.05, 0) is 60.4 Å². The highest BCUT2D eigenvalue weighted by Gasteiger charge is 2.25. The molecule has 0 bridgehead atoms. The normalized spacial score (nSPS) is 13.1. The lowest BCUT2D eigenvalue weighted by Gasteiger charge is -2.21. The first kappa shape index (κ1) is 30.0. The first-order chi connectivity index (χ1) is 20.1. The molecule has 0 aliphatic rings. The maximum absolute atomic E-state index is 12.8. The average molecular weight is 566 g/mol. The van der Waals surface area contributed by atoms with Gasteiger partial charge in [0.15, 0.2) is 6.23 Å². The van der Waals surface area contributed by atoms with Crippen LogP contribution in [0.3, 0.4) is 0 Å². The summed E-state index contributed by atoms with van der Waals surface area (Å²) < 4.78 is 13.1. The van der Waals surface area contributed by atoms with Crippen LogP contribution < -0.4 is 15.4 Å². The molecule has 4 rings (SSSR count). The minimum Gasteiger partial charge on any atom is -0.497 e. The van der Waals surface area contributed by atoms with E-state index in [9.17, 15) is 14.9 Å². The van der Waals surface area contributed by atoms with Crippen LogP contribution in [0, 0.1) is 17.2 Å². The number of aromatic nitrogens is 2. The molecule has 2 heterocycles. The lowest BCUT2D eigenvalue weighted by Crippen LogP contribution is -2.38. The highest BCUT2D eigenvalue weighted by molar-refractivity contribution is 6.01. The SMILES string of the molecule is C=CC(=O)N(C)c1cc(OC)cc(-c2cnc3c(c2)c(-c2cccc(C#N)c2)cn3C(C)OC(=O)[C@@H](N)[C@@H](C)CC)c1. The van der Waals surface area contributed by atoms with Crippen molar-refractivity contribution < 1.29 is 19.1 Å². The summed E-state index contributed by atoms with van der Waals surface area (Å²) in [7, 11) is 3.23. The summed E-state index contributed by atoms with van der Waals surface area (Å²) in [6, 6.07) is 16.2. The molecule has 0 aliphatic carbocycles. The van der Waals surface area contributed by atoms with Gasteiger partial charge in [0.25, 0.3) is 0 Å². The predicted octanol–water partition coefficient (Wildman–Crippen LogP) is 5.83. The summed E-state index contributed by atoms with van der Waals surface area (Å²) in [6.07, 6.45) is 4.91. The molecule has 0 saturated carbocycles. The third-order valence-electron chi connectivity index (χ3n) is 7.53. The summed E-state index contributed by atoms with van der Waals surface area (Å²) in [4.78, 5) is 31.4. The number of benzene rings is 2. The van der Waals surface area contributed by atoms with E-state index in [1.54, 1.807) is 50.0 Å². The number of pyridine rings is 1. The number of hydrogen-bond donors (Lipinski definition) is 1. The molecule has 2 aromatic carbocycles. The summed E-state index contributed by atoms with van der Waals surface area (Å²) in [5.74, 6) is -0.185. The number of anilines is 1. The van der Waals surface area contributed by atoms with Crippen molar-refractivity contribution in [1.29, 1.82) is 5.26 Å². The van der Waals surface area contributed by atoms with E-state index in [0.717, 1.165) is 34.1 Å². The fourth-order valence-corrected chi connectivity index (χ4v) is 4.67. The number of carbonyl (C=O) groups excluding carboxylic acids is 2. The number of hydrogen-bond acceptors (Lipinski definition) is 7. The van der Waals surface area contributed by atoms with Crippen LogP contribution in [0.2, 0.25) is 0 Å². The van der Waals surface area contributed by atoms with E-state index in [4.69, 9.17) is 20.2 Å². The van der Waals surface area contributed by atoms with Crippen LogP contribution in [0.4, 0.5) is 5.69 Å². The Bertz CT molecular complexity index is 1690. The Hall–Kier alpha value is -4.94. The van der Waals surface area contributed by atoms with Crippen molar-refractivity contribution >= 4 is 28.6 Å². The number of likely N-dealkylation sites (N-methyl/N-ethyl adjacent to an activating group) is 1. The van der Waals surface area contributed by atoms with Crippen molar-refractivity contribution in [3.8, 4) is 34.1 Å². The minimum atomic E-state index is -0.737. The second-order valence-corrected chi connectivity index (χ2v) is 10.2. The van der Waals surface area contributed by atoms with Crippen molar-refractivity contribution in [2.24, 2.45) is 11.7 Å². The zero-order valence-electron chi connectivity index (χ0n) is 24.5. The Labute approximate surface area is 245 Å². The zero-order valence-corrected chi connectivity index (χ0v) is 24.5. The molecule has 216 valence electrons. The van der Waals surface area contributed by atoms with Gasteiger partial charge in [-0.2, -0.15) is 5.26 Å². The summed E-state index contributed by atoms with van der Waals surface area (Å²) in [5, 5.41) is 10.3. The van der Waals surface area contributed by atoms with Crippen molar-refractivity contribution in [2.45, 2.75) is 39.5 Å². The Morgan fingerprint density at radius 2 is 1.93 bits per heavy atom. The molecule has 0 saturated heterocycles. The molecule has 9 heteroatoms. The average Bonchev–Trinajstić information content (AvgIpc) is 3.42. The van der Waals surface area contributed by atoms with Gasteiger partial charge in [-0.3, -0.25) is 14.2 Å². The van der Waals surface area contributed by atoms with Crippen LogP contribution >= 0.6 is 0 Å². The number of methoxy groups -OCH3 is 1. The van der Waals surface area contributed by atoms with Crippen molar-refractivity contribution in [2.75, 3.05) is 19.1 Å². The van der Waals surface area contributed by atoms with Gasteiger partial charge in [0, 0.05) is 47.7 Å². The van der Waals surface area contributed by atoms with E-state index in [1.807, 2.05) is 50.4 Å². The number of nitriles is 1. The van der Waals surface area contributed by atoms with Gasteiger partial charge in [-0.1, -0.05) is 39.0 Å². The minimum absolute atomic E-state index is 0.0235. The van der Waals surface area contributed by atoms with E-state index in [0.29, 0.717) is 22.6 Å². The van der Waals surface area contributed by atoms with Crippen molar-refractivity contribution in [3.05, 3.63) is 79.1 Å². The quantitative estimate of drug-likeness (QED) is 0.189. The summed E-state index contributed by atoms with van der Waals surface area (Å²) >= 11 is 0. The molecule has 2 aromatic heterocycles. The van der Waals surface area contributed by atoms with Crippen molar-refractivity contribution in [1.82, 2.24) is 9.55 Å². The van der Waals surface area contributed by atoms with E-state index < -0.39 is 18.2 Å². The van der Waals surface area contributed by atoms with Crippen LogP contribution in [0.15, 0.2) is 73.6 Å². The monoisotopic (exact) mass is 565 g/mol. The zero-order chi connectivity index (χ0) is 30.6. The van der Waals surface area contributed by atoms with Crippen molar-refractivity contribution in [3.63, 3.8) is 0 Å². The second-order valence-electron chi connectivity index (χ2n) is 10.2. The molecular weight excluding hydrogens is 530 g/mol. The number of carbonyl (C=O) groups is 2. The fraction of sp³-hybridized carbons (Fsp3) is 0.273. The highest BCUT2D eigenvalue weighted by atomic mass is 16.6. The molecule has 0 aliphatic heterocycles. The highest BCUT2D eigenvalue weighted by Crippen LogP contribution is 2.37. The number of nitrogens with two attached hydrogens (primary N) is 1. The number of amides is 1. The number of ether oxygens (including phenoxy) is 2. The first-order valence-corrected chi connectivity index (χ1v) is 13.7. The molecule has 1 amide bonds. The number of fused-ring (bicyclic) bond motifs is 1. The van der Waals surface area contributed by atoms with Crippen LogP contribution in [-0.2, 0) is 14.3 Å². The largest absolute Gasteiger partial charge is 0.497 e. The molecule has 9 nitrogen and oxygen atoms in total. The lowest BCUT2D eigenvalue weighted by atomic mass is 10.0. The second kappa shape index (κ2) is 12.7. The third kappa shape index (κ3) is 6.04. The number of rotatable bonds is 10. The van der Waals surface area contributed by atoms with Gasteiger partial charge in [0.1, 0.15) is 17.4 Å². The Morgan fingerprint density at radius 3 is 2.60 bits per heavy atom. The van der Waals surface area contributed by atoms with Gasteiger partial charge >= 0.3 is 5.97 Å². The third-order valence-corrected chi connectivity index (χ3v) is 7.53. The number of esters is 1. The van der Waals surface area contributed by atoms with Gasteiger partial charge < -0.3 is 20.1 Å². The van der Waals surface area contributed by atoms with E-state index in [-0.39, 0.29) is 11.8 Å². The lowest BCUT2D eigenvalue weighted by molar-refractivity contribution is -0.155. The molecule has 42 heavy (non-hydrogen) atoms. The summed E-state index contributed by atoms with van der Waals surface area (Å²) in [6.45, 7) is 9.24. The van der Waals surface area contributed by atoms with Gasteiger partial charge in [-0.25, -0.2) is 4.98 Å². The first-order valence-electron chi connectivity index (χ1n) is 13.7. The smallest absolute Gasteiger partial charge is 0.325 e. The van der Waals surface area contributed by atoms with Crippen LogP contribution in [-0.4, -0.2) is 41.6 Å². The standard InChI is InChI=1S/C33H35N5O4/c1-7-20(3)31(35)33(40)42-21(4)38-19-29(23-11-9-10-22(12-23)17-34)28-15-25(18-36-32(28)38)24-13-26(16-27(14-24)41-6)37(5)30(39)8-2/h8-16,18-21,31H,2,7,35H2,1,3-6H3/t20-,21?,31-/m0/s1. The maximum atomic E-state index is 12.8.